The monoisotopic (exact) mass is 358 g/mol. The van der Waals surface area contributed by atoms with Crippen molar-refractivity contribution in [3.63, 3.8) is 0 Å². The quantitative estimate of drug-likeness (QED) is 0.761. The highest BCUT2D eigenvalue weighted by Gasteiger charge is 2.19. The molecule has 1 heterocycles. The van der Waals surface area contributed by atoms with Crippen LogP contribution >= 0.6 is 0 Å². The Balaban J connectivity index is 1.76. The molecule has 1 aromatic carbocycles. The Morgan fingerprint density at radius 3 is 2.73 bits per heavy atom. The number of fused-ring (bicyclic) bond motifs is 3. The second kappa shape index (κ2) is 7.59. The van der Waals surface area contributed by atoms with Gasteiger partial charge in [0.1, 0.15) is 11.3 Å². The largest absolute Gasteiger partial charge is 0.550 e. The minimum atomic E-state index is -1.23. The van der Waals surface area contributed by atoms with Crippen molar-refractivity contribution < 1.29 is 23.8 Å². The number of hydrogen-bond acceptors (Lipinski definition) is 6. The molecule has 0 saturated carbocycles. The molecule has 7 heteroatoms. The summed E-state index contributed by atoms with van der Waals surface area (Å²) in [5, 5.41) is 13.7. The van der Waals surface area contributed by atoms with E-state index in [1.165, 1.54) is 0 Å². The van der Waals surface area contributed by atoms with Gasteiger partial charge in [0.2, 0.25) is 0 Å². The molecule has 1 aliphatic rings. The Morgan fingerprint density at radius 1 is 1.27 bits per heavy atom. The predicted molar refractivity (Wildman–Crippen MR) is 91.8 cm³/mol. The summed E-state index contributed by atoms with van der Waals surface area (Å²) in [6.45, 7) is 1.54. The summed E-state index contributed by atoms with van der Waals surface area (Å²) in [5.41, 5.74) is 1.94. The summed E-state index contributed by atoms with van der Waals surface area (Å²) < 4.78 is 11.0. The molecule has 0 radical (unpaired) electrons. The molecule has 0 aliphatic heterocycles. The predicted octanol–water partition coefficient (Wildman–Crippen LogP) is 0.695. The third-order valence-corrected chi connectivity index (χ3v) is 4.51. The summed E-state index contributed by atoms with van der Waals surface area (Å²) in [4.78, 5) is 34.4. The first-order chi connectivity index (χ1) is 12.5. The molecule has 26 heavy (non-hydrogen) atoms. The van der Waals surface area contributed by atoms with Crippen LogP contribution in [0.1, 0.15) is 37.3 Å². The molecule has 0 bridgehead atoms. The van der Waals surface area contributed by atoms with Crippen LogP contribution in [0.5, 0.6) is 5.75 Å². The second-order valence-corrected chi connectivity index (χ2v) is 6.38. The van der Waals surface area contributed by atoms with Crippen molar-refractivity contribution in [3.8, 4) is 5.75 Å². The molecule has 7 nitrogen and oxygen atoms in total. The fourth-order valence-electron chi connectivity index (χ4n) is 3.19. The zero-order chi connectivity index (χ0) is 18.7. The number of carbonyl (C=O) groups is 2. The fourth-order valence-corrected chi connectivity index (χ4v) is 3.19. The van der Waals surface area contributed by atoms with Gasteiger partial charge in [-0.15, -0.1) is 0 Å². The standard InChI is InChI=1S/C19H21NO6/c1-11(18(23)20-9-8-17(21)22)25-12-6-7-14-13-4-2-3-5-15(13)19(24)26-16(14)10-12/h6-7,10-11H,2-5,8-9H2,1H3,(H,20,23)(H,21,22)/p-1/t11-/m0/s1. The number of carbonyl (C=O) groups excluding carboxylic acids is 2. The first-order valence-electron chi connectivity index (χ1n) is 8.68. The van der Waals surface area contributed by atoms with E-state index in [0.717, 1.165) is 42.2 Å². The van der Waals surface area contributed by atoms with Crippen LogP contribution in [0.2, 0.25) is 0 Å². The molecule has 1 N–H and O–H groups in total. The van der Waals surface area contributed by atoms with E-state index in [9.17, 15) is 19.5 Å². The number of hydrogen-bond donors (Lipinski definition) is 1. The van der Waals surface area contributed by atoms with E-state index < -0.39 is 18.0 Å². The molecule has 2 aromatic rings. The van der Waals surface area contributed by atoms with Crippen LogP contribution in [0.3, 0.4) is 0 Å². The molecule has 138 valence electrons. The van der Waals surface area contributed by atoms with Crippen molar-refractivity contribution in [2.24, 2.45) is 0 Å². The minimum absolute atomic E-state index is 0.0202. The highest BCUT2D eigenvalue weighted by Crippen LogP contribution is 2.29. The van der Waals surface area contributed by atoms with Crippen LogP contribution in [0.4, 0.5) is 0 Å². The maximum Gasteiger partial charge on any atom is 0.339 e. The van der Waals surface area contributed by atoms with Gasteiger partial charge >= 0.3 is 5.63 Å². The van der Waals surface area contributed by atoms with Crippen LogP contribution in [0, 0.1) is 0 Å². The number of aliphatic carboxylic acids is 1. The first kappa shape index (κ1) is 18.0. The van der Waals surface area contributed by atoms with Crippen molar-refractivity contribution in [3.05, 3.63) is 39.7 Å². The number of benzene rings is 1. The number of carboxylic acids is 1. The molecular formula is C19H20NO6-. The van der Waals surface area contributed by atoms with Gasteiger partial charge in [-0.05, 0) is 50.3 Å². The molecule has 1 amide bonds. The number of aryl methyl sites for hydroxylation is 1. The normalized spacial score (nSPS) is 14.5. The number of amides is 1. The van der Waals surface area contributed by atoms with E-state index in [2.05, 4.69) is 5.32 Å². The minimum Gasteiger partial charge on any atom is -0.550 e. The fraction of sp³-hybridized carbons (Fsp3) is 0.421. The van der Waals surface area contributed by atoms with Crippen LogP contribution in [0.25, 0.3) is 11.0 Å². The number of ether oxygens (including phenoxy) is 1. The van der Waals surface area contributed by atoms with Gasteiger partial charge in [-0.1, -0.05) is 0 Å². The lowest BCUT2D eigenvalue weighted by Gasteiger charge is -2.18. The average Bonchev–Trinajstić information content (AvgIpc) is 2.61. The highest BCUT2D eigenvalue weighted by atomic mass is 16.5. The van der Waals surface area contributed by atoms with Gasteiger partial charge in [-0.3, -0.25) is 4.79 Å². The summed E-state index contributed by atoms with van der Waals surface area (Å²) in [5.74, 6) is -1.26. The SMILES string of the molecule is C[C@H](Oc1ccc2c3c(c(=O)oc2c1)CCCC3)C(=O)NCCC(=O)[O-]. The summed E-state index contributed by atoms with van der Waals surface area (Å²) >= 11 is 0. The Kier molecular flexibility index (Phi) is 5.25. The van der Waals surface area contributed by atoms with Gasteiger partial charge in [0.05, 0.1) is 0 Å². The number of nitrogens with one attached hydrogen (secondary N) is 1. The van der Waals surface area contributed by atoms with E-state index in [0.29, 0.717) is 11.3 Å². The smallest absolute Gasteiger partial charge is 0.339 e. The van der Waals surface area contributed by atoms with Crippen LogP contribution in [-0.2, 0) is 22.4 Å². The zero-order valence-corrected chi connectivity index (χ0v) is 14.5. The van der Waals surface area contributed by atoms with Crippen molar-refractivity contribution in [2.45, 2.75) is 45.1 Å². The Labute approximate surface area is 150 Å². The number of rotatable bonds is 6. The topological polar surface area (TPSA) is 109 Å². The van der Waals surface area contributed by atoms with Crippen molar-refractivity contribution in [1.82, 2.24) is 5.32 Å². The molecule has 0 unspecified atom stereocenters. The van der Waals surface area contributed by atoms with Crippen LogP contribution < -0.4 is 20.8 Å². The van der Waals surface area contributed by atoms with Crippen LogP contribution in [0.15, 0.2) is 27.4 Å². The molecule has 0 fully saturated rings. The maximum atomic E-state index is 12.2. The number of carboxylic acid groups (broad SMARTS) is 1. The second-order valence-electron chi connectivity index (χ2n) is 6.38. The summed E-state index contributed by atoms with van der Waals surface area (Å²) in [7, 11) is 0. The molecule has 3 rings (SSSR count). The van der Waals surface area contributed by atoms with E-state index in [1.807, 2.05) is 6.07 Å². The van der Waals surface area contributed by atoms with Gasteiger partial charge in [-0.25, -0.2) is 4.79 Å². The molecular weight excluding hydrogens is 338 g/mol. The lowest BCUT2D eigenvalue weighted by atomic mass is 9.91. The maximum absolute atomic E-state index is 12.2. The van der Waals surface area contributed by atoms with Gasteiger partial charge in [0.15, 0.2) is 6.10 Å². The van der Waals surface area contributed by atoms with Crippen molar-refractivity contribution in [1.29, 1.82) is 0 Å². The molecule has 1 atom stereocenters. The molecule has 1 aromatic heterocycles. The van der Waals surface area contributed by atoms with E-state index in [1.54, 1.807) is 19.1 Å². The average molecular weight is 358 g/mol. The highest BCUT2D eigenvalue weighted by molar-refractivity contribution is 5.84. The van der Waals surface area contributed by atoms with Crippen molar-refractivity contribution in [2.75, 3.05) is 6.54 Å². The Morgan fingerprint density at radius 2 is 2.00 bits per heavy atom. The van der Waals surface area contributed by atoms with Gasteiger partial charge in [-0.2, -0.15) is 0 Å². The van der Waals surface area contributed by atoms with Crippen LogP contribution in [-0.4, -0.2) is 24.5 Å². The Hall–Kier alpha value is -2.83. The van der Waals surface area contributed by atoms with Gasteiger partial charge in [0, 0.05) is 36.0 Å². The summed E-state index contributed by atoms with van der Waals surface area (Å²) in [6, 6.07) is 5.19. The zero-order valence-electron chi connectivity index (χ0n) is 14.5. The summed E-state index contributed by atoms with van der Waals surface area (Å²) in [6.07, 6.45) is 2.56. The third kappa shape index (κ3) is 3.87. The van der Waals surface area contributed by atoms with E-state index >= 15 is 0 Å². The molecule has 0 saturated heterocycles. The van der Waals surface area contributed by atoms with E-state index in [4.69, 9.17) is 9.15 Å². The van der Waals surface area contributed by atoms with Gasteiger partial charge < -0.3 is 24.4 Å². The lowest BCUT2D eigenvalue weighted by Crippen LogP contribution is -2.38. The Bertz CT molecular complexity index is 901. The first-order valence-corrected chi connectivity index (χ1v) is 8.68. The van der Waals surface area contributed by atoms with Gasteiger partial charge in [0.25, 0.3) is 5.91 Å². The third-order valence-electron chi connectivity index (χ3n) is 4.51. The molecule has 1 aliphatic carbocycles. The van der Waals surface area contributed by atoms with E-state index in [-0.39, 0.29) is 18.6 Å². The van der Waals surface area contributed by atoms with Crippen molar-refractivity contribution >= 4 is 22.8 Å². The molecule has 0 spiro atoms. The lowest BCUT2D eigenvalue weighted by molar-refractivity contribution is -0.305.